The molecular formula is C16H22N2O2. The second-order valence-electron chi connectivity index (χ2n) is 6.24. The topological polar surface area (TPSA) is 40.6 Å². The Morgan fingerprint density at radius 2 is 1.75 bits per heavy atom. The van der Waals surface area contributed by atoms with E-state index in [-0.39, 0.29) is 29.9 Å². The Morgan fingerprint density at radius 3 is 2.20 bits per heavy atom. The van der Waals surface area contributed by atoms with Crippen LogP contribution >= 0.6 is 0 Å². The first kappa shape index (κ1) is 14.6. The highest BCUT2D eigenvalue weighted by Gasteiger charge is 2.44. The number of carbonyl (C=O) groups excluding carboxylic acids is 2. The number of benzene rings is 1. The standard InChI is InChI=1S/C16H22N2O2/c1-5-17-11-13(19)18(15(17)20)14(16(2,3)4)12-9-7-6-8-10-12/h6-10,14H,5,11H2,1-4H3. The molecule has 4 heteroatoms. The minimum absolute atomic E-state index is 0.111. The van der Waals surface area contributed by atoms with Crippen molar-refractivity contribution in [1.82, 2.24) is 9.80 Å². The number of urea groups is 1. The molecular weight excluding hydrogens is 252 g/mol. The summed E-state index contributed by atoms with van der Waals surface area (Å²) in [5.41, 5.74) is 0.788. The molecule has 0 N–H and O–H groups in total. The fraction of sp³-hybridized carbons (Fsp3) is 0.500. The molecule has 1 atom stereocenters. The van der Waals surface area contributed by atoms with Crippen LogP contribution in [0.3, 0.4) is 0 Å². The predicted molar refractivity (Wildman–Crippen MR) is 78.1 cm³/mol. The van der Waals surface area contributed by atoms with Gasteiger partial charge in [-0.05, 0) is 17.9 Å². The highest BCUT2D eigenvalue weighted by atomic mass is 16.2. The Hall–Kier alpha value is -1.84. The molecule has 4 nitrogen and oxygen atoms in total. The molecule has 20 heavy (non-hydrogen) atoms. The molecule has 1 aromatic carbocycles. The molecule has 1 heterocycles. The van der Waals surface area contributed by atoms with Crippen LogP contribution in [0.2, 0.25) is 0 Å². The molecule has 0 spiro atoms. The first-order chi connectivity index (χ1) is 9.36. The Kier molecular flexibility index (Phi) is 3.84. The van der Waals surface area contributed by atoms with Crippen LogP contribution in [0.25, 0.3) is 0 Å². The van der Waals surface area contributed by atoms with Crippen LogP contribution in [-0.4, -0.2) is 34.8 Å². The molecule has 3 amide bonds. The van der Waals surface area contributed by atoms with Gasteiger partial charge in [-0.3, -0.25) is 9.69 Å². The number of rotatable bonds is 3. The molecule has 0 aliphatic carbocycles. The molecule has 1 saturated heterocycles. The minimum Gasteiger partial charge on any atom is -0.315 e. The quantitative estimate of drug-likeness (QED) is 0.795. The van der Waals surface area contributed by atoms with Gasteiger partial charge in [-0.2, -0.15) is 0 Å². The largest absolute Gasteiger partial charge is 0.327 e. The van der Waals surface area contributed by atoms with Gasteiger partial charge in [0.25, 0.3) is 5.91 Å². The third-order valence-electron chi connectivity index (χ3n) is 3.65. The van der Waals surface area contributed by atoms with Crippen molar-refractivity contribution in [3.05, 3.63) is 35.9 Å². The fourth-order valence-corrected chi connectivity index (χ4v) is 2.74. The number of nitrogens with zero attached hydrogens (tertiary/aromatic N) is 2. The van der Waals surface area contributed by atoms with E-state index in [0.29, 0.717) is 6.54 Å². The van der Waals surface area contributed by atoms with E-state index < -0.39 is 0 Å². The molecule has 0 bridgehead atoms. The summed E-state index contributed by atoms with van der Waals surface area (Å²) >= 11 is 0. The second-order valence-corrected chi connectivity index (χ2v) is 6.24. The van der Waals surface area contributed by atoms with Crippen LogP contribution < -0.4 is 0 Å². The zero-order valence-electron chi connectivity index (χ0n) is 12.6. The first-order valence-electron chi connectivity index (χ1n) is 7.02. The van der Waals surface area contributed by atoms with Crippen molar-refractivity contribution in [1.29, 1.82) is 0 Å². The zero-order valence-corrected chi connectivity index (χ0v) is 12.6. The zero-order chi connectivity index (χ0) is 14.9. The lowest BCUT2D eigenvalue weighted by Crippen LogP contribution is -2.42. The van der Waals surface area contributed by atoms with E-state index in [1.807, 2.05) is 37.3 Å². The SMILES string of the molecule is CCN1CC(=O)N(C(c2ccccc2)C(C)(C)C)C1=O. The molecule has 1 aromatic rings. The number of amides is 3. The fourth-order valence-electron chi connectivity index (χ4n) is 2.74. The number of imide groups is 1. The molecule has 1 aliphatic heterocycles. The maximum Gasteiger partial charge on any atom is 0.327 e. The van der Waals surface area contributed by atoms with Gasteiger partial charge in [-0.15, -0.1) is 0 Å². The van der Waals surface area contributed by atoms with E-state index in [4.69, 9.17) is 0 Å². The van der Waals surface area contributed by atoms with Gasteiger partial charge in [-0.25, -0.2) is 4.79 Å². The first-order valence-corrected chi connectivity index (χ1v) is 7.02. The van der Waals surface area contributed by atoms with E-state index >= 15 is 0 Å². The summed E-state index contributed by atoms with van der Waals surface area (Å²) in [7, 11) is 0. The maximum absolute atomic E-state index is 12.4. The Bertz CT molecular complexity index is 505. The summed E-state index contributed by atoms with van der Waals surface area (Å²) in [6.07, 6.45) is 0. The average molecular weight is 274 g/mol. The molecule has 0 aromatic heterocycles. The van der Waals surface area contributed by atoms with Crippen molar-refractivity contribution in [2.75, 3.05) is 13.1 Å². The number of likely N-dealkylation sites (N-methyl/N-ethyl adjacent to an activating group) is 1. The van der Waals surface area contributed by atoms with E-state index in [1.54, 1.807) is 4.90 Å². The normalized spacial score (nSPS) is 17.8. The molecule has 108 valence electrons. The maximum atomic E-state index is 12.4. The summed E-state index contributed by atoms with van der Waals surface area (Å²) in [6.45, 7) is 8.81. The summed E-state index contributed by atoms with van der Waals surface area (Å²) in [5, 5.41) is 0. The number of hydrogen-bond donors (Lipinski definition) is 0. The lowest BCUT2D eigenvalue weighted by Gasteiger charge is -2.36. The van der Waals surface area contributed by atoms with Crippen molar-refractivity contribution in [2.24, 2.45) is 5.41 Å². The van der Waals surface area contributed by atoms with Crippen molar-refractivity contribution in [3.8, 4) is 0 Å². The lowest BCUT2D eigenvalue weighted by molar-refractivity contribution is -0.128. The summed E-state index contributed by atoms with van der Waals surface area (Å²) in [5.74, 6) is -0.111. The van der Waals surface area contributed by atoms with Crippen molar-refractivity contribution >= 4 is 11.9 Å². The van der Waals surface area contributed by atoms with Crippen molar-refractivity contribution in [2.45, 2.75) is 33.7 Å². The van der Waals surface area contributed by atoms with E-state index in [2.05, 4.69) is 20.8 Å². The molecule has 0 saturated carbocycles. The molecule has 2 rings (SSSR count). The van der Waals surface area contributed by atoms with Crippen LogP contribution in [0.4, 0.5) is 4.79 Å². The predicted octanol–water partition coefficient (Wildman–Crippen LogP) is 3.06. The van der Waals surface area contributed by atoms with Crippen LogP contribution in [0.5, 0.6) is 0 Å². The van der Waals surface area contributed by atoms with Gasteiger partial charge in [0.15, 0.2) is 0 Å². The Balaban J connectivity index is 2.43. The van der Waals surface area contributed by atoms with E-state index in [0.717, 1.165) is 5.56 Å². The highest BCUT2D eigenvalue weighted by Crippen LogP contribution is 2.39. The van der Waals surface area contributed by atoms with Crippen LogP contribution in [-0.2, 0) is 4.79 Å². The molecule has 0 radical (unpaired) electrons. The third kappa shape index (κ3) is 2.55. The number of hydrogen-bond acceptors (Lipinski definition) is 2. The summed E-state index contributed by atoms with van der Waals surface area (Å²) in [6, 6.07) is 9.36. The second kappa shape index (κ2) is 5.27. The Labute approximate surface area is 120 Å². The van der Waals surface area contributed by atoms with Gasteiger partial charge < -0.3 is 4.90 Å². The monoisotopic (exact) mass is 274 g/mol. The lowest BCUT2D eigenvalue weighted by atomic mass is 9.81. The van der Waals surface area contributed by atoms with Gasteiger partial charge >= 0.3 is 6.03 Å². The molecule has 1 unspecified atom stereocenters. The van der Waals surface area contributed by atoms with Crippen molar-refractivity contribution < 1.29 is 9.59 Å². The van der Waals surface area contributed by atoms with Gasteiger partial charge in [0.1, 0.15) is 6.54 Å². The van der Waals surface area contributed by atoms with Gasteiger partial charge in [0.05, 0.1) is 6.04 Å². The van der Waals surface area contributed by atoms with Gasteiger partial charge in [-0.1, -0.05) is 51.1 Å². The van der Waals surface area contributed by atoms with E-state index in [9.17, 15) is 9.59 Å². The van der Waals surface area contributed by atoms with Crippen molar-refractivity contribution in [3.63, 3.8) is 0 Å². The summed E-state index contributed by atoms with van der Waals surface area (Å²) < 4.78 is 0. The van der Waals surface area contributed by atoms with Gasteiger partial charge in [0, 0.05) is 6.54 Å². The molecule has 1 fully saturated rings. The number of carbonyl (C=O) groups is 2. The van der Waals surface area contributed by atoms with Crippen LogP contribution in [0.15, 0.2) is 30.3 Å². The minimum atomic E-state index is -0.236. The Morgan fingerprint density at radius 1 is 1.15 bits per heavy atom. The smallest absolute Gasteiger partial charge is 0.315 e. The third-order valence-corrected chi connectivity index (χ3v) is 3.65. The average Bonchev–Trinajstić information content (AvgIpc) is 2.66. The van der Waals surface area contributed by atoms with E-state index in [1.165, 1.54) is 4.90 Å². The summed E-state index contributed by atoms with van der Waals surface area (Å²) in [4.78, 5) is 27.7. The van der Waals surface area contributed by atoms with Crippen LogP contribution in [0.1, 0.15) is 39.3 Å². The van der Waals surface area contributed by atoms with Crippen LogP contribution in [0, 0.1) is 5.41 Å². The molecule has 1 aliphatic rings. The highest BCUT2D eigenvalue weighted by molar-refractivity contribution is 6.02. The van der Waals surface area contributed by atoms with Gasteiger partial charge in [0.2, 0.25) is 0 Å².